The van der Waals surface area contributed by atoms with Gasteiger partial charge in [-0.05, 0) is 39.6 Å². The monoisotopic (exact) mass is 357 g/mol. The summed E-state index contributed by atoms with van der Waals surface area (Å²) in [5.74, 6) is -0.0125. The number of hydrogen-bond acceptors (Lipinski definition) is 5. The summed E-state index contributed by atoms with van der Waals surface area (Å²) in [5, 5.41) is 4.29. The SMILES string of the molecule is Cc1cc(C(=O)N2CCO[C@@H](CN(C)C)[C@@H]2c2cnn(C)c2)cnc1C. The van der Waals surface area contributed by atoms with E-state index in [4.69, 9.17) is 4.74 Å². The van der Waals surface area contributed by atoms with Crippen LogP contribution in [-0.4, -0.2) is 70.4 Å². The predicted molar refractivity (Wildman–Crippen MR) is 99.0 cm³/mol. The number of carbonyl (C=O) groups excluding carboxylic acids is 1. The Morgan fingerprint density at radius 3 is 2.73 bits per heavy atom. The maximum Gasteiger partial charge on any atom is 0.256 e. The van der Waals surface area contributed by atoms with E-state index in [-0.39, 0.29) is 18.1 Å². The molecule has 7 heteroatoms. The van der Waals surface area contributed by atoms with Gasteiger partial charge >= 0.3 is 0 Å². The molecule has 0 N–H and O–H groups in total. The lowest BCUT2D eigenvalue weighted by Gasteiger charge is -2.41. The lowest BCUT2D eigenvalue weighted by molar-refractivity contribution is -0.0684. The van der Waals surface area contributed by atoms with E-state index in [1.807, 2.05) is 58.4 Å². The van der Waals surface area contributed by atoms with Gasteiger partial charge in [-0.3, -0.25) is 14.5 Å². The molecule has 2 aromatic heterocycles. The van der Waals surface area contributed by atoms with Crippen molar-refractivity contribution in [3.63, 3.8) is 0 Å². The van der Waals surface area contributed by atoms with E-state index in [0.717, 1.165) is 23.4 Å². The van der Waals surface area contributed by atoms with E-state index in [9.17, 15) is 4.79 Å². The first-order valence-electron chi connectivity index (χ1n) is 8.86. The molecule has 1 aliphatic heterocycles. The zero-order valence-electron chi connectivity index (χ0n) is 16.1. The van der Waals surface area contributed by atoms with Crippen LogP contribution in [0.3, 0.4) is 0 Å². The van der Waals surface area contributed by atoms with E-state index >= 15 is 0 Å². The number of aromatic nitrogens is 3. The van der Waals surface area contributed by atoms with Crippen molar-refractivity contribution in [1.29, 1.82) is 0 Å². The van der Waals surface area contributed by atoms with Gasteiger partial charge in [-0.2, -0.15) is 5.10 Å². The number of amides is 1. The fourth-order valence-electron chi connectivity index (χ4n) is 3.39. The number of aryl methyl sites for hydroxylation is 3. The molecule has 1 amide bonds. The summed E-state index contributed by atoms with van der Waals surface area (Å²) in [6.07, 6.45) is 5.34. The number of rotatable bonds is 4. The molecule has 0 spiro atoms. The molecule has 3 rings (SSSR count). The quantitative estimate of drug-likeness (QED) is 0.831. The second kappa shape index (κ2) is 7.55. The average Bonchev–Trinajstić information content (AvgIpc) is 3.02. The fraction of sp³-hybridized carbons (Fsp3) is 0.526. The van der Waals surface area contributed by atoms with Gasteiger partial charge in [0.25, 0.3) is 5.91 Å². The van der Waals surface area contributed by atoms with Crippen LogP contribution in [-0.2, 0) is 11.8 Å². The molecule has 1 saturated heterocycles. The van der Waals surface area contributed by atoms with Gasteiger partial charge in [0.2, 0.25) is 0 Å². The Morgan fingerprint density at radius 2 is 2.12 bits per heavy atom. The third kappa shape index (κ3) is 3.78. The van der Waals surface area contributed by atoms with Crippen LogP contribution in [0, 0.1) is 13.8 Å². The van der Waals surface area contributed by atoms with Crippen molar-refractivity contribution < 1.29 is 9.53 Å². The predicted octanol–water partition coefficient (Wildman–Crippen LogP) is 1.58. The van der Waals surface area contributed by atoms with E-state index < -0.39 is 0 Å². The van der Waals surface area contributed by atoms with Gasteiger partial charge in [0, 0.05) is 43.8 Å². The van der Waals surface area contributed by atoms with Crippen LogP contribution >= 0.6 is 0 Å². The minimum Gasteiger partial charge on any atom is -0.373 e. The van der Waals surface area contributed by atoms with Gasteiger partial charge in [0.1, 0.15) is 0 Å². The van der Waals surface area contributed by atoms with E-state index in [1.54, 1.807) is 10.9 Å². The molecule has 0 radical (unpaired) electrons. The van der Waals surface area contributed by atoms with Crippen LogP contribution in [0.15, 0.2) is 24.7 Å². The van der Waals surface area contributed by atoms with E-state index in [0.29, 0.717) is 18.7 Å². The van der Waals surface area contributed by atoms with Crippen LogP contribution in [0.4, 0.5) is 0 Å². The second-order valence-electron chi connectivity index (χ2n) is 7.19. The minimum atomic E-state index is -0.172. The number of carbonyl (C=O) groups is 1. The molecule has 0 saturated carbocycles. The average molecular weight is 357 g/mol. The lowest BCUT2D eigenvalue weighted by atomic mass is 9.99. The Bertz CT molecular complexity index is 786. The van der Waals surface area contributed by atoms with E-state index in [1.165, 1.54) is 0 Å². The summed E-state index contributed by atoms with van der Waals surface area (Å²) in [6, 6.07) is 1.75. The van der Waals surface area contributed by atoms with Crippen LogP contribution in [0.1, 0.15) is 33.2 Å². The highest BCUT2D eigenvalue weighted by Crippen LogP contribution is 2.31. The number of nitrogens with zero attached hydrogens (tertiary/aromatic N) is 5. The lowest BCUT2D eigenvalue weighted by Crippen LogP contribution is -2.51. The molecule has 26 heavy (non-hydrogen) atoms. The summed E-state index contributed by atoms with van der Waals surface area (Å²) < 4.78 is 7.80. The molecule has 0 bridgehead atoms. The third-order valence-corrected chi connectivity index (χ3v) is 4.81. The number of ether oxygens (including phenoxy) is 1. The molecule has 0 aliphatic carbocycles. The number of likely N-dealkylation sites (N-methyl/N-ethyl adjacent to an activating group) is 1. The standard InChI is InChI=1S/C19H27N5O2/c1-13-8-15(9-20-14(13)2)19(25)24-6-7-26-17(12-22(3)4)18(24)16-10-21-23(5)11-16/h8-11,17-18H,6-7,12H2,1-5H3/t17-,18-/m0/s1. The molecule has 2 atom stereocenters. The fourth-order valence-corrected chi connectivity index (χ4v) is 3.39. The van der Waals surface area contributed by atoms with Crippen molar-refractivity contribution in [3.05, 3.63) is 47.0 Å². The number of pyridine rings is 1. The molecule has 1 aliphatic rings. The Balaban J connectivity index is 1.96. The Morgan fingerprint density at radius 1 is 1.35 bits per heavy atom. The first kappa shape index (κ1) is 18.5. The highest BCUT2D eigenvalue weighted by molar-refractivity contribution is 5.94. The molecule has 0 unspecified atom stereocenters. The minimum absolute atomic E-state index is 0.0125. The molecule has 1 fully saturated rings. The Hall–Kier alpha value is -2.25. The van der Waals surface area contributed by atoms with Gasteiger partial charge in [0.15, 0.2) is 0 Å². The topological polar surface area (TPSA) is 63.5 Å². The Kier molecular flexibility index (Phi) is 5.38. The van der Waals surface area contributed by atoms with Crippen LogP contribution in [0.5, 0.6) is 0 Å². The summed E-state index contributed by atoms with van der Waals surface area (Å²) in [5.41, 5.74) is 3.57. The third-order valence-electron chi connectivity index (χ3n) is 4.81. The molecule has 7 nitrogen and oxygen atoms in total. The highest BCUT2D eigenvalue weighted by atomic mass is 16.5. The maximum absolute atomic E-state index is 13.3. The first-order valence-corrected chi connectivity index (χ1v) is 8.86. The van der Waals surface area contributed by atoms with Crippen LogP contribution in [0.2, 0.25) is 0 Å². The summed E-state index contributed by atoms with van der Waals surface area (Å²) >= 11 is 0. The van der Waals surface area contributed by atoms with Crippen LogP contribution in [0.25, 0.3) is 0 Å². The zero-order chi connectivity index (χ0) is 18.8. The molecule has 2 aromatic rings. The Labute approximate surface area is 154 Å². The van der Waals surface area contributed by atoms with Gasteiger partial charge in [-0.25, -0.2) is 0 Å². The molecular formula is C19H27N5O2. The molecule has 3 heterocycles. The van der Waals surface area contributed by atoms with Crippen molar-refractivity contribution in [2.45, 2.75) is 26.0 Å². The molecule has 0 aromatic carbocycles. The normalized spacial score (nSPS) is 20.6. The van der Waals surface area contributed by atoms with Crippen molar-refractivity contribution in [3.8, 4) is 0 Å². The second-order valence-corrected chi connectivity index (χ2v) is 7.19. The van der Waals surface area contributed by atoms with E-state index in [2.05, 4.69) is 15.0 Å². The molecule has 140 valence electrons. The van der Waals surface area contributed by atoms with Crippen molar-refractivity contribution >= 4 is 5.91 Å². The van der Waals surface area contributed by atoms with Gasteiger partial charge in [0.05, 0.1) is 30.5 Å². The van der Waals surface area contributed by atoms with Gasteiger partial charge in [-0.15, -0.1) is 0 Å². The van der Waals surface area contributed by atoms with Gasteiger partial charge < -0.3 is 14.5 Å². The number of hydrogen-bond donors (Lipinski definition) is 0. The van der Waals surface area contributed by atoms with Crippen molar-refractivity contribution in [2.24, 2.45) is 7.05 Å². The molecular weight excluding hydrogens is 330 g/mol. The van der Waals surface area contributed by atoms with Crippen molar-refractivity contribution in [2.75, 3.05) is 33.8 Å². The maximum atomic E-state index is 13.3. The van der Waals surface area contributed by atoms with Crippen molar-refractivity contribution in [1.82, 2.24) is 24.6 Å². The summed E-state index contributed by atoms with van der Waals surface area (Å²) in [6.45, 7) is 5.73. The zero-order valence-corrected chi connectivity index (χ0v) is 16.1. The smallest absolute Gasteiger partial charge is 0.256 e. The number of morpholine rings is 1. The summed E-state index contributed by atoms with van der Waals surface area (Å²) in [7, 11) is 5.91. The van der Waals surface area contributed by atoms with Gasteiger partial charge in [-0.1, -0.05) is 0 Å². The summed E-state index contributed by atoms with van der Waals surface area (Å²) in [4.78, 5) is 21.6. The van der Waals surface area contributed by atoms with Crippen LogP contribution < -0.4 is 0 Å². The largest absolute Gasteiger partial charge is 0.373 e. The first-order chi connectivity index (χ1) is 12.4. The highest BCUT2D eigenvalue weighted by Gasteiger charge is 2.37.